The third-order valence-corrected chi connectivity index (χ3v) is 4.74. The number of nitro benzene ring substituents is 1. The minimum Gasteiger partial charge on any atom is -0.445 e. The molecule has 1 aromatic carbocycles. The first-order chi connectivity index (χ1) is 10.0. The fourth-order valence-electron chi connectivity index (χ4n) is 2.49. The van der Waals surface area contributed by atoms with Gasteiger partial charge in [0.05, 0.1) is 4.92 Å². The van der Waals surface area contributed by atoms with Crippen LogP contribution >= 0.6 is 11.8 Å². The number of nitro groups is 1. The molecule has 1 aromatic rings. The van der Waals surface area contributed by atoms with Gasteiger partial charge >= 0.3 is 6.09 Å². The molecule has 7 nitrogen and oxygen atoms in total. The van der Waals surface area contributed by atoms with Crippen LogP contribution in [0.1, 0.15) is 12.0 Å². The first-order valence-electron chi connectivity index (χ1n) is 6.42. The summed E-state index contributed by atoms with van der Waals surface area (Å²) < 4.78 is 5.17. The molecule has 2 aliphatic rings. The number of carbonyl (C=O) groups is 2. The molecule has 1 amide bonds. The van der Waals surface area contributed by atoms with Crippen molar-refractivity contribution in [3.63, 3.8) is 0 Å². The highest BCUT2D eigenvalue weighted by Crippen LogP contribution is 2.39. The van der Waals surface area contributed by atoms with Gasteiger partial charge in [-0.1, -0.05) is 11.8 Å². The monoisotopic (exact) mass is 308 g/mol. The van der Waals surface area contributed by atoms with E-state index in [1.807, 2.05) is 0 Å². The molecule has 2 bridgehead atoms. The number of thioether (sulfide) groups is 1. The Morgan fingerprint density at radius 3 is 2.71 bits per heavy atom. The van der Waals surface area contributed by atoms with Crippen molar-refractivity contribution in [2.75, 3.05) is 6.54 Å². The molecular weight excluding hydrogens is 296 g/mol. The zero-order valence-corrected chi connectivity index (χ0v) is 11.7. The van der Waals surface area contributed by atoms with Gasteiger partial charge in [0, 0.05) is 23.9 Å². The number of fused-ring (bicyclic) bond motifs is 2. The third kappa shape index (κ3) is 2.71. The molecule has 3 rings (SSSR count). The van der Waals surface area contributed by atoms with Gasteiger partial charge in [0.25, 0.3) is 5.69 Å². The largest absolute Gasteiger partial charge is 0.445 e. The summed E-state index contributed by atoms with van der Waals surface area (Å²) in [6, 6.07) is 5.46. The van der Waals surface area contributed by atoms with E-state index >= 15 is 0 Å². The van der Waals surface area contributed by atoms with E-state index in [0.29, 0.717) is 18.5 Å². The lowest BCUT2D eigenvalue weighted by Crippen LogP contribution is -2.41. The van der Waals surface area contributed by atoms with Crippen LogP contribution in [0.15, 0.2) is 24.3 Å². The van der Waals surface area contributed by atoms with Crippen LogP contribution in [0, 0.1) is 10.1 Å². The van der Waals surface area contributed by atoms with Crippen LogP contribution in [0.2, 0.25) is 0 Å². The Morgan fingerprint density at radius 2 is 2.14 bits per heavy atom. The van der Waals surface area contributed by atoms with Crippen LogP contribution in [-0.2, 0) is 16.1 Å². The summed E-state index contributed by atoms with van der Waals surface area (Å²) in [5.74, 6) is 0. The van der Waals surface area contributed by atoms with Crippen LogP contribution in [0.25, 0.3) is 0 Å². The van der Waals surface area contributed by atoms with Crippen molar-refractivity contribution in [2.24, 2.45) is 0 Å². The lowest BCUT2D eigenvalue weighted by molar-refractivity contribution is -0.384. The van der Waals surface area contributed by atoms with Gasteiger partial charge in [-0.3, -0.25) is 19.8 Å². The number of hydrogen-bond acceptors (Lipinski definition) is 6. The molecule has 2 fully saturated rings. The average Bonchev–Trinajstić information content (AvgIpc) is 3.04. The molecule has 2 aliphatic heterocycles. The third-order valence-electron chi connectivity index (χ3n) is 3.56. The van der Waals surface area contributed by atoms with Gasteiger partial charge in [-0.05, 0) is 24.1 Å². The highest BCUT2D eigenvalue weighted by atomic mass is 32.2. The van der Waals surface area contributed by atoms with Crippen LogP contribution in [0.4, 0.5) is 10.5 Å². The number of amides is 1. The van der Waals surface area contributed by atoms with Crippen molar-refractivity contribution in [3.05, 3.63) is 39.9 Å². The minimum absolute atomic E-state index is 0.00968. The van der Waals surface area contributed by atoms with Crippen LogP contribution in [-0.4, -0.2) is 38.9 Å². The fraction of sp³-hybridized carbons (Fsp3) is 0.385. The molecule has 0 unspecified atom stereocenters. The van der Waals surface area contributed by atoms with Crippen LogP contribution in [0.5, 0.6) is 0 Å². The van der Waals surface area contributed by atoms with E-state index in [0.717, 1.165) is 0 Å². The average molecular weight is 308 g/mol. The molecule has 0 aliphatic carbocycles. The Bertz CT molecular complexity index is 603. The molecule has 0 spiro atoms. The second-order valence-electron chi connectivity index (χ2n) is 4.94. The first kappa shape index (κ1) is 13.9. The summed E-state index contributed by atoms with van der Waals surface area (Å²) >= 11 is 1.30. The number of hydrogen-bond donors (Lipinski definition) is 0. The Balaban J connectivity index is 1.56. The molecule has 110 valence electrons. The van der Waals surface area contributed by atoms with E-state index in [1.54, 1.807) is 12.1 Å². The predicted octanol–water partition coefficient (Wildman–Crippen LogP) is 1.95. The number of carbonyl (C=O) groups excluding carboxylic acids is 2. The van der Waals surface area contributed by atoms with Crippen molar-refractivity contribution in [1.29, 1.82) is 0 Å². The van der Waals surface area contributed by atoms with E-state index in [9.17, 15) is 19.7 Å². The van der Waals surface area contributed by atoms with Gasteiger partial charge in [-0.15, -0.1) is 0 Å². The maximum atomic E-state index is 12.0. The summed E-state index contributed by atoms with van der Waals surface area (Å²) in [6.45, 7) is 0.576. The van der Waals surface area contributed by atoms with Gasteiger partial charge in [-0.25, -0.2) is 4.79 Å². The van der Waals surface area contributed by atoms with E-state index in [-0.39, 0.29) is 28.7 Å². The normalized spacial score (nSPS) is 23.4. The summed E-state index contributed by atoms with van der Waals surface area (Å²) in [5.41, 5.74) is 0.656. The summed E-state index contributed by atoms with van der Waals surface area (Å²) in [7, 11) is 0. The molecule has 8 heteroatoms. The maximum absolute atomic E-state index is 12.0. The summed E-state index contributed by atoms with van der Waals surface area (Å²) in [4.78, 5) is 35.1. The number of rotatable bonds is 3. The van der Waals surface area contributed by atoms with Gasteiger partial charge in [0.2, 0.25) is 5.12 Å². The minimum atomic E-state index is -0.505. The molecule has 2 saturated heterocycles. The zero-order chi connectivity index (χ0) is 15.0. The van der Waals surface area contributed by atoms with E-state index < -0.39 is 11.0 Å². The Morgan fingerprint density at radius 1 is 1.43 bits per heavy atom. The standard InChI is InChI=1S/C13H12N2O5S/c16-12-11-5-10(21-12)6-14(11)13(17)20-7-8-1-3-9(4-2-8)15(18)19/h1-4,10-11H,5-7H2/t10-,11-/m0/s1. The SMILES string of the molecule is O=C1S[C@H]2C[C@@H]1N(C(=O)OCc1ccc([N+](=O)[O-])cc1)C2. The molecule has 2 atom stereocenters. The van der Waals surface area contributed by atoms with Crippen molar-refractivity contribution >= 4 is 28.7 Å². The highest BCUT2D eigenvalue weighted by molar-refractivity contribution is 8.14. The second-order valence-corrected chi connectivity index (χ2v) is 6.25. The van der Waals surface area contributed by atoms with E-state index in [2.05, 4.69) is 0 Å². The van der Waals surface area contributed by atoms with Gasteiger partial charge in [0.1, 0.15) is 12.6 Å². The quantitative estimate of drug-likeness (QED) is 0.626. The molecule has 21 heavy (non-hydrogen) atoms. The maximum Gasteiger partial charge on any atom is 0.410 e. The molecule has 0 radical (unpaired) electrons. The lowest BCUT2D eigenvalue weighted by atomic mass is 10.2. The molecule has 0 aromatic heterocycles. The van der Waals surface area contributed by atoms with E-state index in [1.165, 1.54) is 28.8 Å². The second kappa shape index (κ2) is 5.36. The molecule has 0 N–H and O–H groups in total. The number of nitrogens with zero attached hydrogens (tertiary/aromatic N) is 2. The van der Waals surface area contributed by atoms with Crippen molar-refractivity contribution < 1.29 is 19.2 Å². The number of likely N-dealkylation sites (tertiary alicyclic amines) is 1. The van der Waals surface area contributed by atoms with E-state index in [4.69, 9.17) is 4.74 Å². The smallest absolute Gasteiger partial charge is 0.410 e. The Labute approximate surface area is 124 Å². The van der Waals surface area contributed by atoms with Crippen molar-refractivity contribution in [2.45, 2.75) is 24.3 Å². The topological polar surface area (TPSA) is 89.8 Å². The van der Waals surface area contributed by atoms with Crippen molar-refractivity contribution in [3.8, 4) is 0 Å². The van der Waals surface area contributed by atoms with Gasteiger partial charge in [-0.2, -0.15) is 0 Å². The Kier molecular flexibility index (Phi) is 3.54. The van der Waals surface area contributed by atoms with Gasteiger partial charge in [0.15, 0.2) is 0 Å². The first-order valence-corrected chi connectivity index (χ1v) is 7.30. The number of benzene rings is 1. The van der Waals surface area contributed by atoms with Crippen molar-refractivity contribution in [1.82, 2.24) is 4.90 Å². The number of ether oxygens (including phenoxy) is 1. The van der Waals surface area contributed by atoms with Gasteiger partial charge < -0.3 is 4.74 Å². The predicted molar refractivity (Wildman–Crippen MR) is 74.8 cm³/mol. The molecular formula is C13H12N2O5S. The zero-order valence-electron chi connectivity index (χ0n) is 10.9. The summed E-state index contributed by atoms with van der Waals surface area (Å²) in [5, 5.41) is 10.8. The number of non-ortho nitro benzene ring substituents is 1. The summed E-state index contributed by atoms with van der Waals surface area (Å²) in [6.07, 6.45) is 0.199. The Hall–Kier alpha value is -2.09. The van der Waals surface area contributed by atoms with Crippen LogP contribution in [0.3, 0.4) is 0 Å². The fourth-order valence-corrected chi connectivity index (χ4v) is 3.72. The lowest BCUT2D eigenvalue weighted by Gasteiger charge is -2.24. The van der Waals surface area contributed by atoms with Crippen LogP contribution < -0.4 is 0 Å². The highest BCUT2D eigenvalue weighted by Gasteiger charge is 2.47. The molecule has 2 heterocycles. The molecule has 0 saturated carbocycles.